The first kappa shape index (κ1) is 28.7. The molecule has 0 aliphatic rings. The Morgan fingerprint density at radius 3 is 2.30 bits per heavy atom. The number of rotatable bonds is 9. The van der Waals surface area contributed by atoms with Gasteiger partial charge in [-0.2, -0.15) is 0 Å². The summed E-state index contributed by atoms with van der Waals surface area (Å²) < 4.78 is 0. The highest BCUT2D eigenvalue weighted by Crippen LogP contribution is 2.28. The molecule has 0 spiro atoms. The molecule has 0 aliphatic heterocycles. The van der Waals surface area contributed by atoms with Gasteiger partial charge in [0.2, 0.25) is 5.91 Å². The first-order chi connectivity index (χ1) is 20.7. The molecule has 0 saturated heterocycles. The van der Waals surface area contributed by atoms with E-state index in [-0.39, 0.29) is 11.4 Å². The molecular formula is C33H29N5O5. The second kappa shape index (κ2) is 12.4. The second-order valence-corrected chi connectivity index (χ2v) is 9.98. The number of aliphatic carboxylic acids is 1. The molecule has 5 N–H and O–H groups in total. The van der Waals surface area contributed by atoms with Crippen LogP contribution >= 0.6 is 0 Å². The Hall–Kier alpha value is -5.77. The van der Waals surface area contributed by atoms with Gasteiger partial charge in [0.15, 0.2) is 0 Å². The van der Waals surface area contributed by atoms with Crippen LogP contribution in [0.5, 0.6) is 0 Å². The van der Waals surface area contributed by atoms with E-state index in [0.29, 0.717) is 16.6 Å². The summed E-state index contributed by atoms with van der Waals surface area (Å²) in [5, 5.41) is 17.5. The number of nitrogen functional groups attached to an aromatic ring is 1. The average molecular weight is 576 g/mol. The number of carboxylic acids is 1. The molecule has 43 heavy (non-hydrogen) atoms. The van der Waals surface area contributed by atoms with Crippen LogP contribution < -0.4 is 21.3 Å². The monoisotopic (exact) mass is 575 g/mol. The lowest BCUT2D eigenvalue weighted by molar-refractivity contribution is -0.138. The standard InChI is InChI=1S/C33H29N5O5/c1-20(31(41)36-19-28(39)40)38(26-14-13-21-7-5-6-10-24(21)17-26)33(43)29(23-8-3-2-4-9-23)37-32(42)25-12-11-22-15-16-35-30(34)27(22)18-25/h2-18,20,29H,19H2,1H3,(H2,34,35)(H,36,41)(H,37,42)(H,39,40)/t20-,29-/m1/s1. The van der Waals surface area contributed by atoms with Gasteiger partial charge in [-0.1, -0.05) is 66.7 Å². The molecule has 0 saturated carbocycles. The van der Waals surface area contributed by atoms with Crippen LogP contribution in [0.4, 0.5) is 11.5 Å². The average Bonchev–Trinajstić information content (AvgIpc) is 3.02. The Labute approximate surface area is 247 Å². The van der Waals surface area contributed by atoms with Gasteiger partial charge in [-0.3, -0.25) is 24.1 Å². The maximum absolute atomic E-state index is 14.5. The number of fused-ring (bicyclic) bond motifs is 2. The third kappa shape index (κ3) is 6.28. The predicted molar refractivity (Wildman–Crippen MR) is 164 cm³/mol. The van der Waals surface area contributed by atoms with E-state index in [9.17, 15) is 19.2 Å². The van der Waals surface area contributed by atoms with Gasteiger partial charge >= 0.3 is 5.97 Å². The summed E-state index contributed by atoms with van der Waals surface area (Å²) in [5.74, 6) is -2.74. The predicted octanol–water partition coefficient (Wildman–Crippen LogP) is 4.06. The van der Waals surface area contributed by atoms with Crippen molar-refractivity contribution in [1.29, 1.82) is 0 Å². The fourth-order valence-electron chi connectivity index (χ4n) is 4.91. The molecule has 0 bridgehead atoms. The van der Waals surface area contributed by atoms with Gasteiger partial charge in [0.05, 0.1) is 0 Å². The minimum absolute atomic E-state index is 0.269. The minimum atomic E-state index is -1.22. The third-order valence-electron chi connectivity index (χ3n) is 7.14. The van der Waals surface area contributed by atoms with E-state index in [1.165, 1.54) is 11.8 Å². The molecule has 216 valence electrons. The first-order valence-electron chi connectivity index (χ1n) is 13.5. The SMILES string of the molecule is C[C@H](C(=O)NCC(=O)O)N(C(=O)[C@H](NC(=O)c1ccc2ccnc(N)c2c1)c1ccccc1)c1ccc2ccccc2c1. The third-order valence-corrected chi connectivity index (χ3v) is 7.14. The van der Waals surface area contributed by atoms with E-state index in [2.05, 4.69) is 15.6 Å². The Morgan fingerprint density at radius 1 is 0.860 bits per heavy atom. The van der Waals surface area contributed by atoms with Gasteiger partial charge in [0, 0.05) is 22.8 Å². The van der Waals surface area contributed by atoms with E-state index in [1.807, 2.05) is 30.3 Å². The van der Waals surface area contributed by atoms with E-state index in [4.69, 9.17) is 10.8 Å². The molecule has 1 aromatic heterocycles. The van der Waals surface area contributed by atoms with Gasteiger partial charge in [-0.05, 0) is 59.0 Å². The zero-order chi connectivity index (χ0) is 30.5. The van der Waals surface area contributed by atoms with Crippen molar-refractivity contribution in [3.05, 3.63) is 114 Å². The molecule has 0 unspecified atom stereocenters. The number of anilines is 2. The number of nitrogens with zero attached hydrogens (tertiary/aromatic N) is 2. The summed E-state index contributed by atoms with van der Waals surface area (Å²) in [4.78, 5) is 57.7. The highest BCUT2D eigenvalue weighted by Gasteiger charge is 2.34. The van der Waals surface area contributed by atoms with Crippen LogP contribution in [-0.4, -0.2) is 46.4 Å². The van der Waals surface area contributed by atoms with Crippen molar-refractivity contribution in [2.45, 2.75) is 19.0 Å². The number of nitrogens with one attached hydrogen (secondary N) is 2. The van der Waals surface area contributed by atoms with Crippen LogP contribution in [0.2, 0.25) is 0 Å². The van der Waals surface area contributed by atoms with E-state index in [1.54, 1.807) is 72.9 Å². The summed E-state index contributed by atoms with van der Waals surface area (Å²) in [5.41, 5.74) is 7.20. The van der Waals surface area contributed by atoms with Crippen molar-refractivity contribution in [1.82, 2.24) is 15.6 Å². The van der Waals surface area contributed by atoms with Crippen LogP contribution in [0.1, 0.15) is 28.9 Å². The van der Waals surface area contributed by atoms with Crippen LogP contribution in [0.25, 0.3) is 21.5 Å². The Bertz CT molecular complexity index is 1840. The zero-order valence-electron chi connectivity index (χ0n) is 23.2. The topological polar surface area (TPSA) is 155 Å². The van der Waals surface area contributed by atoms with Gasteiger partial charge in [0.25, 0.3) is 11.8 Å². The van der Waals surface area contributed by atoms with Crippen molar-refractivity contribution < 1.29 is 24.3 Å². The lowest BCUT2D eigenvalue weighted by atomic mass is 10.0. The summed E-state index contributed by atoms with van der Waals surface area (Å²) >= 11 is 0. The van der Waals surface area contributed by atoms with Gasteiger partial charge < -0.3 is 21.5 Å². The molecule has 5 aromatic rings. The number of benzene rings is 4. The summed E-state index contributed by atoms with van der Waals surface area (Å²) in [6, 6.07) is 26.0. The zero-order valence-corrected chi connectivity index (χ0v) is 23.2. The van der Waals surface area contributed by atoms with E-state index < -0.39 is 42.3 Å². The van der Waals surface area contributed by atoms with Crippen molar-refractivity contribution in [3.63, 3.8) is 0 Å². The summed E-state index contributed by atoms with van der Waals surface area (Å²) in [6.45, 7) is 0.898. The quantitative estimate of drug-likeness (QED) is 0.207. The Kier molecular flexibility index (Phi) is 8.29. The fourth-order valence-corrected chi connectivity index (χ4v) is 4.91. The Morgan fingerprint density at radius 2 is 1.56 bits per heavy atom. The number of pyridine rings is 1. The second-order valence-electron chi connectivity index (χ2n) is 9.98. The lowest BCUT2D eigenvalue weighted by Crippen LogP contribution is -2.52. The fraction of sp³-hybridized carbons (Fsp3) is 0.121. The number of aromatic nitrogens is 1. The summed E-state index contributed by atoms with van der Waals surface area (Å²) in [7, 11) is 0. The number of carbonyl (C=O) groups is 4. The Balaban J connectivity index is 1.56. The largest absolute Gasteiger partial charge is 0.480 e. The molecule has 4 aromatic carbocycles. The molecule has 5 rings (SSSR count). The molecule has 3 amide bonds. The highest BCUT2D eigenvalue weighted by atomic mass is 16.4. The minimum Gasteiger partial charge on any atom is -0.480 e. The smallest absolute Gasteiger partial charge is 0.322 e. The lowest BCUT2D eigenvalue weighted by Gasteiger charge is -2.32. The number of amides is 3. The molecule has 10 nitrogen and oxygen atoms in total. The molecular weight excluding hydrogens is 546 g/mol. The molecule has 0 aliphatic carbocycles. The summed E-state index contributed by atoms with van der Waals surface area (Å²) in [6.07, 6.45) is 1.58. The number of hydrogen-bond donors (Lipinski definition) is 4. The van der Waals surface area contributed by atoms with Gasteiger partial charge in [0.1, 0.15) is 24.4 Å². The van der Waals surface area contributed by atoms with Gasteiger partial charge in [-0.25, -0.2) is 4.98 Å². The van der Waals surface area contributed by atoms with E-state index >= 15 is 0 Å². The number of carbonyl (C=O) groups excluding carboxylic acids is 3. The van der Waals surface area contributed by atoms with Crippen LogP contribution in [-0.2, 0) is 14.4 Å². The van der Waals surface area contributed by atoms with Crippen molar-refractivity contribution in [3.8, 4) is 0 Å². The van der Waals surface area contributed by atoms with Crippen molar-refractivity contribution in [2.24, 2.45) is 0 Å². The van der Waals surface area contributed by atoms with Gasteiger partial charge in [-0.15, -0.1) is 0 Å². The number of nitrogens with two attached hydrogens (primary N) is 1. The molecule has 0 radical (unpaired) electrons. The molecule has 1 heterocycles. The van der Waals surface area contributed by atoms with Crippen LogP contribution in [0.3, 0.4) is 0 Å². The van der Waals surface area contributed by atoms with Crippen molar-refractivity contribution >= 4 is 56.7 Å². The number of carboxylic acid groups (broad SMARTS) is 1. The maximum atomic E-state index is 14.5. The van der Waals surface area contributed by atoms with Crippen LogP contribution in [0.15, 0.2) is 103 Å². The number of hydrogen-bond acceptors (Lipinski definition) is 6. The molecule has 10 heteroatoms. The van der Waals surface area contributed by atoms with E-state index in [0.717, 1.165) is 16.2 Å². The molecule has 0 fully saturated rings. The normalized spacial score (nSPS) is 12.3. The maximum Gasteiger partial charge on any atom is 0.322 e. The molecule has 2 atom stereocenters. The van der Waals surface area contributed by atoms with Crippen molar-refractivity contribution in [2.75, 3.05) is 17.2 Å². The first-order valence-corrected chi connectivity index (χ1v) is 13.5. The van der Waals surface area contributed by atoms with Crippen LogP contribution in [0, 0.1) is 0 Å². The highest BCUT2D eigenvalue weighted by molar-refractivity contribution is 6.08.